The summed E-state index contributed by atoms with van der Waals surface area (Å²) >= 11 is 10.3. The Morgan fingerprint density at radius 1 is 1.59 bits per heavy atom. The maximum atomic E-state index is 11.5. The molecule has 17 heavy (non-hydrogen) atoms. The molecule has 1 aromatic heterocycles. The fourth-order valence-corrected chi connectivity index (χ4v) is 2.69. The summed E-state index contributed by atoms with van der Waals surface area (Å²) in [7, 11) is 1.55. The largest absolute Gasteiger partial charge is 0.350 e. The molecular weight excluding hydrogens is 328 g/mol. The number of nitrogens with zero attached hydrogens (tertiary/aromatic N) is 1. The lowest BCUT2D eigenvalue weighted by Crippen LogP contribution is -2.38. The van der Waals surface area contributed by atoms with Crippen molar-refractivity contribution in [1.82, 2.24) is 10.2 Å². The van der Waals surface area contributed by atoms with Crippen molar-refractivity contribution in [3.05, 3.63) is 20.8 Å². The molecule has 1 aromatic rings. The molecule has 0 saturated heterocycles. The van der Waals surface area contributed by atoms with Crippen LogP contribution in [-0.2, 0) is 16.1 Å². The second kappa shape index (κ2) is 6.98. The number of thiophene rings is 1. The van der Waals surface area contributed by atoms with Crippen LogP contribution in [0.3, 0.4) is 0 Å². The van der Waals surface area contributed by atoms with Crippen LogP contribution in [0.1, 0.15) is 4.88 Å². The van der Waals surface area contributed by atoms with Crippen molar-refractivity contribution in [3.8, 4) is 0 Å². The minimum absolute atomic E-state index is 0.0259. The molecule has 0 bridgehead atoms. The van der Waals surface area contributed by atoms with E-state index in [1.165, 1.54) is 4.90 Å². The number of amides is 2. The van der Waals surface area contributed by atoms with Gasteiger partial charge in [0.15, 0.2) is 0 Å². The SMILES string of the molecule is CN(CC(=O)NCc1cc(Br)cs1)C(=O)CCl. The first-order valence-corrected chi connectivity index (χ1v) is 7.03. The number of carbonyl (C=O) groups excluding carboxylic acids is 2. The van der Waals surface area contributed by atoms with E-state index in [-0.39, 0.29) is 24.2 Å². The summed E-state index contributed by atoms with van der Waals surface area (Å²) in [6.07, 6.45) is 0. The predicted octanol–water partition coefficient (Wildman–Crippen LogP) is 1.82. The van der Waals surface area contributed by atoms with E-state index in [1.807, 2.05) is 11.4 Å². The van der Waals surface area contributed by atoms with E-state index in [0.717, 1.165) is 9.35 Å². The molecule has 0 atom stereocenters. The summed E-state index contributed by atoms with van der Waals surface area (Å²) in [6.45, 7) is 0.496. The van der Waals surface area contributed by atoms with Gasteiger partial charge in [0, 0.05) is 21.8 Å². The fourth-order valence-electron chi connectivity index (χ4n) is 1.09. The van der Waals surface area contributed by atoms with Crippen molar-refractivity contribution in [3.63, 3.8) is 0 Å². The standard InChI is InChI=1S/C10H12BrClN2O2S/c1-14(10(16)3-12)5-9(15)13-4-8-2-7(11)6-17-8/h2,6H,3-5H2,1H3,(H,13,15). The van der Waals surface area contributed by atoms with Crippen LogP contribution in [0, 0.1) is 0 Å². The Kier molecular flexibility index (Phi) is 5.94. The summed E-state index contributed by atoms with van der Waals surface area (Å²) < 4.78 is 1.00. The first-order valence-electron chi connectivity index (χ1n) is 4.82. The van der Waals surface area contributed by atoms with Crippen LogP contribution < -0.4 is 5.32 Å². The monoisotopic (exact) mass is 338 g/mol. The Hall–Kier alpha value is -0.590. The second-order valence-corrected chi connectivity index (χ2v) is 5.57. The number of alkyl halides is 1. The highest BCUT2D eigenvalue weighted by Gasteiger charge is 2.11. The summed E-state index contributed by atoms with van der Waals surface area (Å²) in [5, 5.41) is 4.68. The van der Waals surface area contributed by atoms with Gasteiger partial charge in [-0.3, -0.25) is 9.59 Å². The molecule has 0 aliphatic heterocycles. The molecule has 0 fully saturated rings. The number of hydrogen-bond donors (Lipinski definition) is 1. The third kappa shape index (κ3) is 5.06. The molecule has 2 amide bonds. The van der Waals surface area contributed by atoms with Crippen LogP contribution in [0.4, 0.5) is 0 Å². The van der Waals surface area contributed by atoms with Crippen LogP contribution >= 0.6 is 38.9 Å². The van der Waals surface area contributed by atoms with Gasteiger partial charge in [-0.05, 0) is 22.0 Å². The van der Waals surface area contributed by atoms with Crippen molar-refractivity contribution in [2.24, 2.45) is 0 Å². The van der Waals surface area contributed by atoms with Gasteiger partial charge in [-0.25, -0.2) is 0 Å². The van der Waals surface area contributed by atoms with E-state index in [0.29, 0.717) is 6.54 Å². The third-order valence-electron chi connectivity index (χ3n) is 2.00. The van der Waals surface area contributed by atoms with Gasteiger partial charge in [-0.15, -0.1) is 22.9 Å². The van der Waals surface area contributed by atoms with Crippen molar-refractivity contribution in [2.75, 3.05) is 19.5 Å². The quantitative estimate of drug-likeness (QED) is 0.832. The van der Waals surface area contributed by atoms with Crippen LogP contribution in [-0.4, -0.2) is 36.2 Å². The van der Waals surface area contributed by atoms with E-state index in [2.05, 4.69) is 21.2 Å². The minimum atomic E-state index is -0.263. The maximum Gasteiger partial charge on any atom is 0.239 e. The lowest BCUT2D eigenvalue weighted by Gasteiger charge is -2.14. The Bertz CT molecular complexity index is 411. The topological polar surface area (TPSA) is 49.4 Å². The van der Waals surface area contributed by atoms with Gasteiger partial charge in [0.1, 0.15) is 5.88 Å². The van der Waals surface area contributed by atoms with Crippen LogP contribution in [0.2, 0.25) is 0 Å². The van der Waals surface area contributed by atoms with Crippen LogP contribution in [0.15, 0.2) is 15.9 Å². The lowest BCUT2D eigenvalue weighted by molar-refractivity contribution is -0.132. The lowest BCUT2D eigenvalue weighted by atomic mass is 10.4. The Labute approximate surface area is 117 Å². The number of hydrogen-bond acceptors (Lipinski definition) is 3. The maximum absolute atomic E-state index is 11.5. The summed E-state index contributed by atoms with van der Waals surface area (Å²) in [6, 6.07) is 1.94. The number of halogens is 2. The van der Waals surface area contributed by atoms with Gasteiger partial charge in [-0.2, -0.15) is 0 Å². The minimum Gasteiger partial charge on any atom is -0.350 e. The van der Waals surface area contributed by atoms with E-state index in [1.54, 1.807) is 18.4 Å². The summed E-state index contributed by atoms with van der Waals surface area (Å²) in [5.41, 5.74) is 0. The first-order chi connectivity index (χ1) is 8.02. The Morgan fingerprint density at radius 2 is 2.29 bits per heavy atom. The number of likely N-dealkylation sites (N-methyl/N-ethyl adjacent to an activating group) is 1. The van der Waals surface area contributed by atoms with Crippen molar-refractivity contribution >= 4 is 50.7 Å². The average Bonchev–Trinajstić information content (AvgIpc) is 2.71. The number of carbonyl (C=O) groups is 2. The molecule has 1 rings (SSSR count). The number of rotatable bonds is 5. The van der Waals surface area contributed by atoms with Crippen molar-refractivity contribution in [1.29, 1.82) is 0 Å². The molecule has 0 radical (unpaired) electrons. The van der Waals surface area contributed by atoms with Gasteiger partial charge in [0.05, 0.1) is 13.1 Å². The second-order valence-electron chi connectivity index (χ2n) is 3.39. The van der Waals surface area contributed by atoms with Crippen molar-refractivity contribution < 1.29 is 9.59 Å². The molecule has 0 unspecified atom stereocenters. The molecule has 0 spiro atoms. The van der Waals surface area contributed by atoms with Gasteiger partial charge in [0.25, 0.3) is 0 Å². The molecule has 94 valence electrons. The molecular formula is C10H12BrClN2O2S. The highest BCUT2D eigenvalue weighted by Crippen LogP contribution is 2.19. The third-order valence-corrected chi connectivity index (χ3v) is 3.93. The fraction of sp³-hybridized carbons (Fsp3) is 0.400. The van der Waals surface area contributed by atoms with Gasteiger partial charge in [-0.1, -0.05) is 0 Å². The molecule has 7 heteroatoms. The smallest absolute Gasteiger partial charge is 0.239 e. The normalized spacial score (nSPS) is 10.1. The van der Waals surface area contributed by atoms with Crippen molar-refractivity contribution in [2.45, 2.75) is 6.54 Å². The van der Waals surface area contributed by atoms with E-state index in [4.69, 9.17) is 11.6 Å². The average molecular weight is 340 g/mol. The number of nitrogens with one attached hydrogen (secondary N) is 1. The highest BCUT2D eigenvalue weighted by atomic mass is 79.9. The van der Waals surface area contributed by atoms with Gasteiger partial charge < -0.3 is 10.2 Å². The van der Waals surface area contributed by atoms with E-state index >= 15 is 0 Å². The zero-order valence-electron chi connectivity index (χ0n) is 9.20. The van der Waals surface area contributed by atoms with E-state index in [9.17, 15) is 9.59 Å². The molecule has 0 aromatic carbocycles. The molecule has 0 aliphatic carbocycles. The molecule has 0 aliphatic rings. The zero-order chi connectivity index (χ0) is 12.8. The Morgan fingerprint density at radius 3 is 2.82 bits per heavy atom. The molecule has 4 nitrogen and oxygen atoms in total. The van der Waals surface area contributed by atoms with Crippen LogP contribution in [0.5, 0.6) is 0 Å². The zero-order valence-corrected chi connectivity index (χ0v) is 12.4. The highest BCUT2D eigenvalue weighted by molar-refractivity contribution is 9.10. The summed E-state index contributed by atoms with van der Waals surface area (Å²) in [5.74, 6) is -0.571. The van der Waals surface area contributed by atoms with E-state index < -0.39 is 0 Å². The Balaban J connectivity index is 2.33. The predicted molar refractivity (Wildman–Crippen MR) is 72.2 cm³/mol. The molecule has 0 saturated carbocycles. The van der Waals surface area contributed by atoms with Gasteiger partial charge in [0.2, 0.25) is 11.8 Å². The summed E-state index contributed by atoms with van der Waals surface area (Å²) in [4.78, 5) is 25.0. The first kappa shape index (κ1) is 14.5. The molecule has 1 heterocycles. The van der Waals surface area contributed by atoms with Gasteiger partial charge >= 0.3 is 0 Å². The van der Waals surface area contributed by atoms with Crippen LogP contribution in [0.25, 0.3) is 0 Å². The molecule has 1 N–H and O–H groups in total.